The van der Waals surface area contributed by atoms with E-state index in [-0.39, 0.29) is 0 Å². The van der Waals surface area contributed by atoms with Crippen LogP contribution < -0.4 is 15.5 Å². The molecule has 0 aromatic carbocycles. The third-order valence-electron chi connectivity index (χ3n) is 13.6. The molecule has 2 heterocycles. The Labute approximate surface area is 292 Å². The zero-order chi connectivity index (χ0) is 32.1. The molecule has 1 aliphatic heterocycles. The summed E-state index contributed by atoms with van der Waals surface area (Å²) >= 11 is 0. The average Bonchev–Trinajstić information content (AvgIpc) is 3.61. The summed E-state index contributed by atoms with van der Waals surface area (Å²) in [5.74, 6) is 2.74. The van der Waals surface area contributed by atoms with Gasteiger partial charge in [-0.25, -0.2) is 0 Å². The van der Waals surface area contributed by atoms with Crippen molar-refractivity contribution in [1.29, 1.82) is 0 Å². The fourth-order valence-electron chi connectivity index (χ4n) is 11.0. The lowest BCUT2D eigenvalue weighted by molar-refractivity contribution is 0.354. The molecule has 0 radical (unpaired) electrons. The summed E-state index contributed by atoms with van der Waals surface area (Å²) in [6.45, 7) is 0. The molecule has 0 atom stereocenters. The van der Waals surface area contributed by atoms with Crippen LogP contribution in [0.5, 0.6) is 0 Å². The van der Waals surface area contributed by atoms with Crippen LogP contribution in [0.1, 0.15) is 204 Å². The summed E-state index contributed by atoms with van der Waals surface area (Å²) in [4.78, 5) is 14.7. The standard InChI is InChI=1S/C42H68N6/c1-7-19-31(20-8-1)43-37-39-40(48(36-29-17-6-18-30-36)41(37)45-33-23-11-3-12-24-33)38(44-32-21-9-2-10-22-32)42(46-34-25-13-4-14-26-34)47(39)35-27-15-5-16-28-35/h31-36,43,45H,1-30H2. The summed E-state index contributed by atoms with van der Waals surface area (Å²) in [5, 5.41) is 8.74. The fraction of sp³-hybridized carbons (Fsp3) is 0.857. The van der Waals surface area contributed by atoms with Crippen molar-refractivity contribution in [3.05, 3.63) is 5.69 Å². The normalized spacial score (nSPS) is 28.4. The largest absolute Gasteiger partial charge is 0.378 e. The molecule has 6 saturated carbocycles. The van der Waals surface area contributed by atoms with Gasteiger partial charge in [-0.3, -0.25) is 9.98 Å². The number of hydrogen-bond donors (Lipinski definition) is 2. The second-order valence-electron chi connectivity index (χ2n) is 17.2. The minimum Gasteiger partial charge on any atom is -0.378 e. The van der Waals surface area contributed by atoms with Crippen LogP contribution in [0.25, 0.3) is 0 Å². The third kappa shape index (κ3) is 7.25. The number of anilines is 3. The van der Waals surface area contributed by atoms with Gasteiger partial charge in [0, 0.05) is 24.2 Å². The molecule has 7 aliphatic rings. The van der Waals surface area contributed by atoms with Gasteiger partial charge in [0.05, 0.1) is 23.5 Å². The maximum Gasteiger partial charge on any atom is 0.156 e. The molecule has 0 bridgehead atoms. The van der Waals surface area contributed by atoms with Crippen molar-refractivity contribution < 1.29 is 0 Å². The summed E-state index contributed by atoms with van der Waals surface area (Å²) in [5.41, 5.74) is 5.73. The minimum atomic E-state index is 0.448. The van der Waals surface area contributed by atoms with Crippen molar-refractivity contribution in [2.45, 2.75) is 229 Å². The number of nitrogens with one attached hydrogen (secondary N) is 2. The van der Waals surface area contributed by atoms with Crippen LogP contribution in [0.3, 0.4) is 0 Å². The number of amidine groups is 1. The zero-order valence-corrected chi connectivity index (χ0v) is 30.5. The summed E-state index contributed by atoms with van der Waals surface area (Å²) in [7, 11) is 0. The fourth-order valence-corrected chi connectivity index (χ4v) is 11.0. The van der Waals surface area contributed by atoms with E-state index < -0.39 is 0 Å². The Morgan fingerprint density at radius 1 is 0.438 bits per heavy atom. The Bertz CT molecular complexity index is 1240. The molecule has 0 saturated heterocycles. The van der Waals surface area contributed by atoms with Gasteiger partial charge in [0.25, 0.3) is 0 Å². The van der Waals surface area contributed by atoms with Gasteiger partial charge in [-0.2, -0.15) is 0 Å². The van der Waals surface area contributed by atoms with Crippen molar-refractivity contribution in [3.8, 4) is 0 Å². The molecular weight excluding hydrogens is 589 g/mol. The van der Waals surface area contributed by atoms with Crippen LogP contribution >= 0.6 is 0 Å². The lowest BCUT2D eigenvalue weighted by atomic mass is 9.93. The molecule has 6 fully saturated rings. The second kappa shape index (κ2) is 15.9. The molecule has 6 aliphatic carbocycles. The van der Waals surface area contributed by atoms with E-state index in [4.69, 9.17) is 9.98 Å². The molecule has 1 aromatic rings. The Kier molecular flexibility index (Phi) is 11.0. The van der Waals surface area contributed by atoms with Crippen molar-refractivity contribution >= 4 is 28.7 Å². The second-order valence-corrected chi connectivity index (χ2v) is 17.2. The molecule has 6 nitrogen and oxygen atoms in total. The van der Waals surface area contributed by atoms with Crippen molar-refractivity contribution in [3.63, 3.8) is 0 Å². The maximum absolute atomic E-state index is 5.94. The molecule has 1 aromatic heterocycles. The van der Waals surface area contributed by atoms with Gasteiger partial charge in [0.1, 0.15) is 17.2 Å². The van der Waals surface area contributed by atoms with Gasteiger partial charge in [0.15, 0.2) is 5.84 Å². The maximum atomic E-state index is 5.94. The van der Waals surface area contributed by atoms with E-state index >= 15 is 0 Å². The SMILES string of the molecule is C1CCC(N=C2C(=NC3CCCCC3)N(C3CCCCC3)c3c(NC4CCCCC4)c(NC4CCCCC4)n(C4CCCCC4)c32)CC1. The lowest BCUT2D eigenvalue weighted by Gasteiger charge is -2.36. The predicted molar refractivity (Wildman–Crippen MR) is 205 cm³/mol. The Morgan fingerprint density at radius 3 is 1.42 bits per heavy atom. The molecule has 48 heavy (non-hydrogen) atoms. The first kappa shape index (κ1) is 33.2. The molecule has 0 amide bonds. The number of aromatic nitrogens is 1. The van der Waals surface area contributed by atoms with Crippen molar-refractivity contribution in [2.75, 3.05) is 15.5 Å². The number of hydrogen-bond acceptors (Lipinski definition) is 4. The summed E-state index contributed by atoms with van der Waals surface area (Å²) in [6.07, 6.45) is 40.0. The Balaban J connectivity index is 1.34. The van der Waals surface area contributed by atoms with Crippen LogP contribution in [-0.2, 0) is 0 Å². The first-order valence-electron chi connectivity index (χ1n) is 21.6. The van der Waals surface area contributed by atoms with Gasteiger partial charge >= 0.3 is 0 Å². The van der Waals surface area contributed by atoms with Gasteiger partial charge < -0.3 is 20.1 Å². The molecule has 0 spiro atoms. The van der Waals surface area contributed by atoms with Crippen molar-refractivity contribution in [2.24, 2.45) is 9.98 Å². The highest BCUT2D eigenvalue weighted by Gasteiger charge is 2.46. The zero-order valence-electron chi connectivity index (χ0n) is 30.5. The van der Waals surface area contributed by atoms with E-state index in [1.165, 1.54) is 227 Å². The van der Waals surface area contributed by atoms with Crippen LogP contribution in [0.4, 0.5) is 17.2 Å². The Morgan fingerprint density at radius 2 is 0.875 bits per heavy atom. The topological polar surface area (TPSA) is 57.0 Å². The van der Waals surface area contributed by atoms with Gasteiger partial charge in [-0.05, 0) is 77.0 Å². The molecule has 8 rings (SSSR count). The van der Waals surface area contributed by atoms with Crippen molar-refractivity contribution in [1.82, 2.24) is 4.57 Å². The molecule has 266 valence electrons. The summed E-state index contributed by atoms with van der Waals surface area (Å²) in [6, 6.07) is 3.15. The molecule has 6 heteroatoms. The monoisotopic (exact) mass is 657 g/mol. The van der Waals surface area contributed by atoms with Crippen LogP contribution in [-0.4, -0.2) is 46.3 Å². The number of nitrogens with zero attached hydrogens (tertiary/aromatic N) is 4. The van der Waals surface area contributed by atoms with E-state index in [0.29, 0.717) is 36.3 Å². The third-order valence-corrected chi connectivity index (χ3v) is 13.6. The molecule has 2 N–H and O–H groups in total. The van der Waals surface area contributed by atoms with Crippen LogP contribution in [0.2, 0.25) is 0 Å². The number of fused-ring (bicyclic) bond motifs is 1. The van der Waals surface area contributed by atoms with E-state index in [0.717, 1.165) is 0 Å². The average molecular weight is 657 g/mol. The quantitative estimate of drug-likeness (QED) is 0.293. The first-order valence-corrected chi connectivity index (χ1v) is 21.6. The minimum absolute atomic E-state index is 0.448. The van der Waals surface area contributed by atoms with Crippen LogP contribution in [0, 0.1) is 0 Å². The van der Waals surface area contributed by atoms with Gasteiger partial charge in [0.2, 0.25) is 0 Å². The van der Waals surface area contributed by atoms with Crippen LogP contribution in [0.15, 0.2) is 9.98 Å². The highest BCUT2D eigenvalue weighted by molar-refractivity contribution is 6.57. The van der Waals surface area contributed by atoms with Gasteiger partial charge in [-0.15, -0.1) is 0 Å². The Hall–Kier alpha value is -1.98. The summed E-state index contributed by atoms with van der Waals surface area (Å²) < 4.78 is 2.90. The van der Waals surface area contributed by atoms with E-state index in [2.05, 4.69) is 20.1 Å². The predicted octanol–water partition coefficient (Wildman–Crippen LogP) is 11.5. The lowest BCUT2D eigenvalue weighted by Crippen LogP contribution is -2.43. The first-order chi connectivity index (χ1) is 23.8. The number of aliphatic imine (C=N–C) groups is 2. The highest BCUT2D eigenvalue weighted by atomic mass is 15.3. The van der Waals surface area contributed by atoms with E-state index in [1.54, 1.807) is 0 Å². The molecular formula is C42H68N6. The van der Waals surface area contributed by atoms with E-state index in [9.17, 15) is 0 Å². The smallest absolute Gasteiger partial charge is 0.156 e. The highest BCUT2D eigenvalue weighted by Crippen LogP contribution is 2.52. The number of rotatable bonds is 8. The van der Waals surface area contributed by atoms with E-state index in [1.807, 2.05) is 0 Å². The van der Waals surface area contributed by atoms with Gasteiger partial charge in [-0.1, -0.05) is 116 Å². The molecule has 0 unspecified atom stereocenters.